The summed E-state index contributed by atoms with van der Waals surface area (Å²) in [4.78, 5) is 28.5. The van der Waals surface area contributed by atoms with E-state index in [9.17, 15) is 9.59 Å². The highest BCUT2D eigenvalue weighted by Gasteiger charge is 2.27. The summed E-state index contributed by atoms with van der Waals surface area (Å²) in [6.07, 6.45) is 6.87. The van der Waals surface area contributed by atoms with Gasteiger partial charge >= 0.3 is 0 Å². The van der Waals surface area contributed by atoms with Crippen molar-refractivity contribution >= 4 is 17.8 Å². The lowest BCUT2D eigenvalue weighted by atomic mass is 10.1. The average Bonchev–Trinajstić information content (AvgIpc) is 3.41. The van der Waals surface area contributed by atoms with E-state index in [1.165, 1.54) is 0 Å². The molecule has 4 rings (SSSR count). The summed E-state index contributed by atoms with van der Waals surface area (Å²) in [7, 11) is 1.60. The molecule has 2 aromatic carbocycles. The Hall–Kier alpha value is -4.07. The molecule has 0 unspecified atom stereocenters. The number of rotatable bonds is 8. The van der Waals surface area contributed by atoms with E-state index >= 15 is 0 Å². The standard InChI is InChI=1S/C23H21N3O5/c1-29-17-4-2-16(3-5-17)12-21-23(28)19-7-6-18(13-20(19)31-21)30-14-22(27)25-9-11-26-10-8-24-15-26/h2-8,10,12-13,15H,9,11,14H2,1H3,(H,25,27)/b21-12+. The largest absolute Gasteiger partial charge is 0.497 e. The molecule has 0 saturated carbocycles. The van der Waals surface area contributed by atoms with E-state index in [0.29, 0.717) is 30.2 Å². The van der Waals surface area contributed by atoms with Crippen LogP contribution in [0.4, 0.5) is 0 Å². The van der Waals surface area contributed by atoms with Gasteiger partial charge in [0.2, 0.25) is 5.78 Å². The molecule has 8 heteroatoms. The minimum Gasteiger partial charge on any atom is -0.497 e. The van der Waals surface area contributed by atoms with Crippen molar-refractivity contribution in [3.05, 3.63) is 78.1 Å². The van der Waals surface area contributed by atoms with Crippen LogP contribution in [0.1, 0.15) is 15.9 Å². The van der Waals surface area contributed by atoms with Crippen LogP contribution in [0.3, 0.4) is 0 Å². The van der Waals surface area contributed by atoms with Crippen molar-refractivity contribution in [1.82, 2.24) is 14.9 Å². The van der Waals surface area contributed by atoms with Gasteiger partial charge in [0.1, 0.15) is 17.2 Å². The number of hydrogen-bond donors (Lipinski definition) is 1. The minimum atomic E-state index is -0.238. The molecule has 1 N–H and O–H groups in total. The van der Waals surface area contributed by atoms with Crippen LogP contribution in [0, 0.1) is 0 Å². The fourth-order valence-corrected chi connectivity index (χ4v) is 3.05. The summed E-state index contributed by atoms with van der Waals surface area (Å²) in [5.41, 5.74) is 1.28. The van der Waals surface area contributed by atoms with Gasteiger partial charge in [-0.1, -0.05) is 12.1 Å². The Morgan fingerprint density at radius 3 is 2.74 bits per heavy atom. The summed E-state index contributed by atoms with van der Waals surface area (Å²) < 4.78 is 18.3. The van der Waals surface area contributed by atoms with Gasteiger partial charge < -0.3 is 24.1 Å². The number of ketones is 1. The first kappa shape index (κ1) is 20.2. The molecule has 0 saturated heterocycles. The van der Waals surface area contributed by atoms with Crippen LogP contribution in [-0.4, -0.2) is 41.5 Å². The maximum atomic E-state index is 12.6. The molecule has 8 nitrogen and oxygen atoms in total. The Bertz CT molecular complexity index is 1100. The second-order valence-electron chi connectivity index (χ2n) is 6.81. The number of nitrogens with one attached hydrogen (secondary N) is 1. The fourth-order valence-electron chi connectivity index (χ4n) is 3.05. The van der Waals surface area contributed by atoms with Crippen LogP contribution in [0.2, 0.25) is 0 Å². The van der Waals surface area contributed by atoms with Gasteiger partial charge in [-0.2, -0.15) is 0 Å². The lowest BCUT2D eigenvalue weighted by Gasteiger charge is -2.08. The van der Waals surface area contributed by atoms with Crippen molar-refractivity contribution in [2.45, 2.75) is 6.54 Å². The van der Waals surface area contributed by atoms with E-state index in [-0.39, 0.29) is 24.1 Å². The topological polar surface area (TPSA) is 91.7 Å². The number of carbonyl (C=O) groups is 2. The second kappa shape index (κ2) is 9.17. The molecule has 3 aromatic rings. The molecule has 0 aliphatic carbocycles. The molecule has 0 bridgehead atoms. The Labute approximate surface area is 179 Å². The normalized spacial score (nSPS) is 13.6. The summed E-state index contributed by atoms with van der Waals surface area (Å²) >= 11 is 0. The van der Waals surface area contributed by atoms with Crippen molar-refractivity contribution in [1.29, 1.82) is 0 Å². The van der Waals surface area contributed by atoms with Gasteiger partial charge in [0.25, 0.3) is 5.91 Å². The Kier molecular flexibility index (Phi) is 5.98. The quantitative estimate of drug-likeness (QED) is 0.565. The van der Waals surface area contributed by atoms with Crippen molar-refractivity contribution in [2.24, 2.45) is 0 Å². The number of hydrogen-bond acceptors (Lipinski definition) is 6. The first-order valence-electron chi connectivity index (χ1n) is 9.70. The van der Waals surface area contributed by atoms with Gasteiger partial charge in [-0.15, -0.1) is 0 Å². The zero-order chi connectivity index (χ0) is 21.6. The van der Waals surface area contributed by atoms with Gasteiger partial charge in [0, 0.05) is 31.5 Å². The highest BCUT2D eigenvalue weighted by Crippen LogP contribution is 2.35. The van der Waals surface area contributed by atoms with E-state index in [1.54, 1.807) is 43.9 Å². The van der Waals surface area contributed by atoms with Gasteiger partial charge in [0.15, 0.2) is 12.4 Å². The van der Waals surface area contributed by atoms with Crippen LogP contribution in [0.25, 0.3) is 6.08 Å². The third-order valence-corrected chi connectivity index (χ3v) is 4.68. The molecule has 0 fully saturated rings. The summed E-state index contributed by atoms with van der Waals surface area (Å²) in [6, 6.07) is 12.2. The SMILES string of the molecule is COc1ccc(/C=C2/Oc3cc(OCC(=O)NCCn4ccnc4)ccc3C2=O)cc1. The van der Waals surface area contributed by atoms with Crippen LogP contribution < -0.4 is 19.5 Å². The van der Waals surface area contributed by atoms with Gasteiger partial charge in [0.05, 0.1) is 19.0 Å². The first-order valence-corrected chi connectivity index (χ1v) is 9.70. The van der Waals surface area contributed by atoms with Crippen molar-refractivity contribution in [2.75, 3.05) is 20.3 Å². The lowest BCUT2D eigenvalue weighted by molar-refractivity contribution is -0.123. The fraction of sp³-hybridized carbons (Fsp3) is 0.174. The third kappa shape index (κ3) is 4.92. The monoisotopic (exact) mass is 419 g/mol. The number of benzene rings is 2. The molecule has 2 heterocycles. The minimum absolute atomic E-state index is 0.134. The highest BCUT2D eigenvalue weighted by atomic mass is 16.5. The number of imidazole rings is 1. The number of fused-ring (bicyclic) bond motifs is 1. The summed E-state index contributed by atoms with van der Waals surface area (Å²) in [5.74, 6) is 1.38. The van der Waals surface area contributed by atoms with E-state index in [0.717, 1.165) is 11.3 Å². The van der Waals surface area contributed by atoms with E-state index in [2.05, 4.69) is 10.3 Å². The maximum absolute atomic E-state index is 12.6. The number of allylic oxidation sites excluding steroid dienone is 1. The summed E-state index contributed by atoms with van der Waals surface area (Å²) in [5, 5.41) is 2.78. The Balaban J connectivity index is 1.33. The zero-order valence-corrected chi connectivity index (χ0v) is 16.9. The molecule has 0 atom stereocenters. The number of ether oxygens (including phenoxy) is 3. The second-order valence-corrected chi connectivity index (χ2v) is 6.81. The van der Waals surface area contributed by atoms with E-state index < -0.39 is 0 Å². The predicted molar refractivity (Wildman–Crippen MR) is 113 cm³/mol. The predicted octanol–water partition coefficient (Wildman–Crippen LogP) is 2.70. The zero-order valence-electron chi connectivity index (χ0n) is 16.9. The van der Waals surface area contributed by atoms with E-state index in [4.69, 9.17) is 14.2 Å². The summed E-state index contributed by atoms with van der Waals surface area (Å²) in [6.45, 7) is 0.967. The number of nitrogens with zero attached hydrogens (tertiary/aromatic N) is 2. The van der Waals surface area contributed by atoms with Gasteiger partial charge in [-0.25, -0.2) is 4.98 Å². The molecule has 31 heavy (non-hydrogen) atoms. The van der Waals surface area contributed by atoms with E-state index in [1.807, 2.05) is 35.0 Å². The van der Waals surface area contributed by atoms with Crippen molar-refractivity contribution < 1.29 is 23.8 Å². The number of aromatic nitrogens is 2. The number of carbonyl (C=O) groups excluding carboxylic acids is 2. The maximum Gasteiger partial charge on any atom is 0.258 e. The Morgan fingerprint density at radius 2 is 2.00 bits per heavy atom. The average molecular weight is 419 g/mol. The first-order chi connectivity index (χ1) is 15.1. The van der Waals surface area contributed by atoms with Gasteiger partial charge in [-0.3, -0.25) is 9.59 Å². The van der Waals surface area contributed by atoms with Crippen LogP contribution in [-0.2, 0) is 11.3 Å². The number of amides is 1. The number of methoxy groups -OCH3 is 1. The smallest absolute Gasteiger partial charge is 0.258 e. The Morgan fingerprint density at radius 1 is 1.19 bits per heavy atom. The number of Topliss-reactive ketones (excluding diaryl/α,β-unsaturated/α-hetero) is 1. The lowest BCUT2D eigenvalue weighted by Crippen LogP contribution is -2.31. The van der Waals surface area contributed by atoms with Crippen molar-refractivity contribution in [3.63, 3.8) is 0 Å². The van der Waals surface area contributed by atoms with Gasteiger partial charge in [-0.05, 0) is 35.9 Å². The molecular formula is C23H21N3O5. The van der Waals surface area contributed by atoms with Crippen molar-refractivity contribution in [3.8, 4) is 17.2 Å². The third-order valence-electron chi connectivity index (χ3n) is 4.68. The molecule has 0 spiro atoms. The molecule has 1 aromatic heterocycles. The molecule has 1 amide bonds. The van der Waals surface area contributed by atoms with Crippen LogP contribution in [0.15, 0.2) is 66.9 Å². The molecule has 0 radical (unpaired) electrons. The molecule has 158 valence electrons. The molecule has 1 aliphatic rings. The molecular weight excluding hydrogens is 398 g/mol. The highest BCUT2D eigenvalue weighted by molar-refractivity contribution is 6.14. The van der Waals surface area contributed by atoms with Crippen LogP contribution >= 0.6 is 0 Å². The van der Waals surface area contributed by atoms with Crippen LogP contribution in [0.5, 0.6) is 17.2 Å². The molecule has 1 aliphatic heterocycles.